The molecule has 0 heterocycles. The van der Waals surface area contributed by atoms with E-state index in [2.05, 4.69) is 0 Å². The van der Waals surface area contributed by atoms with Crippen LogP contribution >= 0.6 is 12.4 Å². The number of rotatable bonds is 8. The Morgan fingerprint density at radius 2 is 1.77 bits per heavy atom. The molecule has 30 heavy (non-hydrogen) atoms. The normalized spacial score (nSPS) is 11.5. The number of allylic oxidation sites excluding steroid dienone is 1. The number of amidine groups is 1. The van der Waals surface area contributed by atoms with Gasteiger partial charge in [-0.1, -0.05) is 24.3 Å². The van der Waals surface area contributed by atoms with Crippen molar-refractivity contribution in [2.24, 2.45) is 5.73 Å². The van der Waals surface area contributed by atoms with Crippen LogP contribution in [-0.2, 0) is 25.8 Å². The topological polar surface area (TPSA) is 131 Å². The maximum atomic E-state index is 12.6. The molecule has 4 N–H and O–H groups in total. The highest BCUT2D eigenvalue weighted by Crippen LogP contribution is 2.25. The Morgan fingerprint density at radius 3 is 2.33 bits per heavy atom. The molecular formula is C21H25ClN2O5S. The summed E-state index contributed by atoms with van der Waals surface area (Å²) in [6.07, 6.45) is 1.65. The predicted octanol–water partition coefficient (Wildman–Crippen LogP) is 3.08. The highest BCUT2D eigenvalue weighted by molar-refractivity contribution is 7.91. The van der Waals surface area contributed by atoms with Crippen molar-refractivity contribution in [1.82, 2.24) is 0 Å². The number of phenolic OH excluding ortho intramolecular Hbond substituents is 1. The van der Waals surface area contributed by atoms with E-state index in [0.29, 0.717) is 6.61 Å². The molecule has 2 aromatic rings. The summed E-state index contributed by atoms with van der Waals surface area (Å²) in [7, 11) is -3.77. The molecule has 162 valence electrons. The highest BCUT2D eigenvalue weighted by atomic mass is 35.5. The summed E-state index contributed by atoms with van der Waals surface area (Å²) in [6, 6.07) is 11.0. The second kappa shape index (κ2) is 10.8. The van der Waals surface area contributed by atoms with Gasteiger partial charge in [-0.05, 0) is 55.2 Å². The molecule has 0 radical (unpaired) electrons. The largest absolute Gasteiger partial charge is 0.507 e. The average molecular weight is 453 g/mol. The molecule has 0 unspecified atom stereocenters. The quantitative estimate of drug-likeness (QED) is 0.244. The number of benzene rings is 2. The molecule has 0 aliphatic rings. The SMILES string of the molecule is CCOC(=O)C=C(C)c1ccc(CCS(=O)(=O)c2cc(C(=N)N)ccc2O)cc1.Cl. The summed E-state index contributed by atoms with van der Waals surface area (Å²) in [5.41, 5.74) is 8.00. The zero-order valence-electron chi connectivity index (χ0n) is 16.7. The molecule has 0 atom stereocenters. The Kier molecular flexibility index (Phi) is 9.07. The summed E-state index contributed by atoms with van der Waals surface area (Å²) in [5.74, 6) is -1.26. The van der Waals surface area contributed by atoms with Crippen molar-refractivity contribution in [3.05, 3.63) is 65.2 Å². The summed E-state index contributed by atoms with van der Waals surface area (Å²) >= 11 is 0. The second-order valence-electron chi connectivity index (χ2n) is 6.44. The maximum absolute atomic E-state index is 12.6. The van der Waals surface area contributed by atoms with Gasteiger partial charge in [-0.15, -0.1) is 12.4 Å². The molecule has 7 nitrogen and oxygen atoms in total. The Hall–Kier alpha value is -2.84. The lowest BCUT2D eigenvalue weighted by Gasteiger charge is -2.09. The Morgan fingerprint density at radius 1 is 1.17 bits per heavy atom. The average Bonchev–Trinajstić information content (AvgIpc) is 2.67. The van der Waals surface area contributed by atoms with E-state index in [-0.39, 0.29) is 46.6 Å². The van der Waals surface area contributed by atoms with E-state index in [1.807, 2.05) is 0 Å². The van der Waals surface area contributed by atoms with Crippen LogP contribution in [0, 0.1) is 5.41 Å². The number of sulfone groups is 1. The van der Waals surface area contributed by atoms with Crippen LogP contribution in [0.4, 0.5) is 0 Å². The summed E-state index contributed by atoms with van der Waals surface area (Å²) < 4.78 is 30.1. The molecule has 0 spiro atoms. The zero-order valence-corrected chi connectivity index (χ0v) is 18.3. The number of nitrogens with one attached hydrogen (secondary N) is 1. The number of phenols is 1. The molecule has 0 saturated carbocycles. The van der Waals surface area contributed by atoms with Gasteiger partial charge in [-0.3, -0.25) is 5.41 Å². The van der Waals surface area contributed by atoms with Crippen LogP contribution < -0.4 is 5.73 Å². The number of nitrogen functional groups attached to an aromatic ring is 1. The van der Waals surface area contributed by atoms with Crippen molar-refractivity contribution in [2.75, 3.05) is 12.4 Å². The van der Waals surface area contributed by atoms with Gasteiger partial charge in [0.1, 0.15) is 16.5 Å². The van der Waals surface area contributed by atoms with E-state index in [1.54, 1.807) is 38.1 Å². The Balaban J connectivity index is 0.00000450. The molecule has 9 heteroatoms. The molecule has 2 rings (SSSR count). The van der Waals surface area contributed by atoms with E-state index in [9.17, 15) is 18.3 Å². The number of halogens is 1. The second-order valence-corrected chi connectivity index (χ2v) is 8.52. The number of hydrogen-bond donors (Lipinski definition) is 3. The van der Waals surface area contributed by atoms with E-state index < -0.39 is 15.8 Å². The highest BCUT2D eigenvalue weighted by Gasteiger charge is 2.20. The molecule has 0 aliphatic carbocycles. The standard InChI is InChI=1S/C21H24N2O5S.ClH/c1-3-28-20(25)12-14(2)16-6-4-15(5-7-16)10-11-29(26,27)19-13-17(21(22)23)8-9-18(19)24;/h4-9,12-13,24H,3,10-11H2,1-2H3,(H3,22,23);1H. The molecule has 0 aliphatic heterocycles. The minimum Gasteiger partial charge on any atom is -0.507 e. The lowest BCUT2D eigenvalue weighted by molar-refractivity contribution is -0.137. The fourth-order valence-electron chi connectivity index (χ4n) is 2.67. The first-order valence-electron chi connectivity index (χ1n) is 8.98. The van der Waals surface area contributed by atoms with Gasteiger partial charge in [0.2, 0.25) is 0 Å². The minimum absolute atomic E-state index is 0. The van der Waals surface area contributed by atoms with Crippen molar-refractivity contribution in [3.8, 4) is 5.75 Å². The number of carbonyl (C=O) groups excluding carboxylic acids is 1. The first-order chi connectivity index (χ1) is 13.6. The van der Waals surface area contributed by atoms with Crippen LogP contribution in [0.1, 0.15) is 30.5 Å². The van der Waals surface area contributed by atoms with Crippen LogP contribution in [-0.4, -0.2) is 37.7 Å². The van der Waals surface area contributed by atoms with Crippen LogP contribution in [0.15, 0.2) is 53.4 Å². The van der Waals surface area contributed by atoms with Gasteiger partial charge < -0.3 is 15.6 Å². The first-order valence-corrected chi connectivity index (χ1v) is 10.6. The number of carbonyl (C=O) groups is 1. The Bertz CT molecular complexity index is 1050. The van der Waals surface area contributed by atoms with Gasteiger partial charge in [-0.25, -0.2) is 13.2 Å². The van der Waals surface area contributed by atoms with Crippen LogP contribution in [0.5, 0.6) is 5.75 Å². The fourth-order valence-corrected chi connectivity index (χ4v) is 4.09. The van der Waals surface area contributed by atoms with Gasteiger partial charge in [0.25, 0.3) is 0 Å². The third-order valence-corrected chi connectivity index (χ3v) is 6.03. The Labute approximate surface area is 182 Å². The van der Waals surface area contributed by atoms with Crippen molar-refractivity contribution in [1.29, 1.82) is 5.41 Å². The van der Waals surface area contributed by atoms with Crippen molar-refractivity contribution >= 4 is 39.6 Å². The monoisotopic (exact) mass is 452 g/mol. The van der Waals surface area contributed by atoms with Gasteiger partial charge in [0, 0.05) is 11.6 Å². The molecule has 0 amide bonds. The lowest BCUT2D eigenvalue weighted by Crippen LogP contribution is -2.14. The zero-order chi connectivity index (χ0) is 21.6. The molecule has 0 saturated heterocycles. The number of nitrogens with two attached hydrogens (primary N) is 1. The maximum Gasteiger partial charge on any atom is 0.331 e. The minimum atomic E-state index is -3.77. The number of ether oxygens (including phenoxy) is 1. The summed E-state index contributed by atoms with van der Waals surface area (Å²) in [4.78, 5) is 11.3. The van der Waals surface area contributed by atoms with E-state index in [4.69, 9.17) is 15.9 Å². The third kappa shape index (κ3) is 6.60. The van der Waals surface area contributed by atoms with Crippen molar-refractivity contribution in [3.63, 3.8) is 0 Å². The molecule has 0 aromatic heterocycles. The smallest absolute Gasteiger partial charge is 0.331 e. The van der Waals surface area contributed by atoms with E-state index >= 15 is 0 Å². The predicted molar refractivity (Wildman–Crippen MR) is 119 cm³/mol. The molecule has 0 bridgehead atoms. The molecular weight excluding hydrogens is 428 g/mol. The van der Waals surface area contributed by atoms with E-state index in [1.165, 1.54) is 24.3 Å². The fraction of sp³-hybridized carbons (Fsp3) is 0.238. The van der Waals surface area contributed by atoms with Gasteiger partial charge in [-0.2, -0.15) is 0 Å². The third-order valence-electron chi connectivity index (χ3n) is 4.30. The first kappa shape index (κ1) is 25.2. The number of hydrogen-bond acceptors (Lipinski definition) is 6. The number of aryl methyl sites for hydroxylation is 1. The van der Waals surface area contributed by atoms with Crippen LogP contribution in [0.25, 0.3) is 5.57 Å². The van der Waals surface area contributed by atoms with Crippen molar-refractivity contribution < 1.29 is 23.1 Å². The summed E-state index contributed by atoms with van der Waals surface area (Å²) in [6.45, 7) is 3.84. The molecule has 0 fully saturated rings. The van der Waals surface area contributed by atoms with E-state index in [0.717, 1.165) is 16.7 Å². The lowest BCUT2D eigenvalue weighted by atomic mass is 10.0. The number of aromatic hydroxyl groups is 1. The van der Waals surface area contributed by atoms with Crippen LogP contribution in [0.3, 0.4) is 0 Å². The van der Waals surface area contributed by atoms with Gasteiger partial charge in [0.15, 0.2) is 9.84 Å². The van der Waals surface area contributed by atoms with Crippen LogP contribution in [0.2, 0.25) is 0 Å². The van der Waals surface area contributed by atoms with Gasteiger partial charge in [0.05, 0.1) is 12.4 Å². The van der Waals surface area contributed by atoms with Crippen molar-refractivity contribution in [2.45, 2.75) is 25.2 Å². The molecule has 2 aromatic carbocycles. The summed E-state index contributed by atoms with van der Waals surface area (Å²) in [5, 5.41) is 17.4. The van der Waals surface area contributed by atoms with Gasteiger partial charge >= 0.3 is 5.97 Å². The number of esters is 1.